The molecule has 1 N–H and O–H groups in total. The lowest BCUT2D eigenvalue weighted by Gasteiger charge is -2.41. The van der Waals surface area contributed by atoms with E-state index in [4.69, 9.17) is 0 Å². The topological polar surface area (TPSA) is 32.3 Å². The second-order valence-corrected chi connectivity index (χ2v) is 6.01. The molecule has 0 bridgehead atoms. The molecule has 1 saturated heterocycles. The Labute approximate surface area is 105 Å². The van der Waals surface area contributed by atoms with Crippen LogP contribution >= 0.6 is 0 Å². The molecular weight excluding hydrogens is 212 g/mol. The van der Waals surface area contributed by atoms with Crippen molar-refractivity contribution in [2.75, 3.05) is 19.6 Å². The van der Waals surface area contributed by atoms with Gasteiger partial charge in [-0.1, -0.05) is 19.8 Å². The van der Waals surface area contributed by atoms with E-state index in [1.807, 2.05) is 0 Å². The minimum Gasteiger partial charge on any atom is -0.340 e. The maximum Gasteiger partial charge on any atom is 0.222 e. The molecule has 0 radical (unpaired) electrons. The van der Waals surface area contributed by atoms with Crippen molar-refractivity contribution < 1.29 is 4.79 Å². The fraction of sp³-hybridized carbons (Fsp3) is 0.929. The van der Waals surface area contributed by atoms with Crippen molar-refractivity contribution in [3.05, 3.63) is 0 Å². The summed E-state index contributed by atoms with van der Waals surface area (Å²) in [6, 6.07) is 0. The largest absolute Gasteiger partial charge is 0.340 e. The molecule has 1 aliphatic carbocycles. The van der Waals surface area contributed by atoms with Crippen LogP contribution in [0.1, 0.15) is 52.4 Å². The summed E-state index contributed by atoms with van der Waals surface area (Å²) in [7, 11) is 0. The van der Waals surface area contributed by atoms with E-state index in [1.54, 1.807) is 0 Å². The van der Waals surface area contributed by atoms with Crippen molar-refractivity contribution in [1.29, 1.82) is 0 Å². The smallest absolute Gasteiger partial charge is 0.222 e. The zero-order valence-electron chi connectivity index (χ0n) is 11.3. The number of carbonyl (C=O) groups excluding carboxylic acids is 1. The molecule has 1 unspecified atom stereocenters. The second kappa shape index (κ2) is 5.38. The molecule has 1 saturated carbocycles. The number of rotatable bonds is 3. The molecule has 0 spiro atoms. The molecular formula is C14H26N2O. The quantitative estimate of drug-likeness (QED) is 0.817. The van der Waals surface area contributed by atoms with Crippen LogP contribution in [-0.4, -0.2) is 36.0 Å². The average Bonchev–Trinajstić information content (AvgIpc) is 2.82. The highest BCUT2D eigenvalue weighted by molar-refractivity contribution is 5.76. The van der Waals surface area contributed by atoms with E-state index in [2.05, 4.69) is 24.1 Å². The van der Waals surface area contributed by atoms with Gasteiger partial charge in [-0.2, -0.15) is 0 Å². The minimum atomic E-state index is 0.129. The van der Waals surface area contributed by atoms with Gasteiger partial charge in [-0.05, 0) is 32.1 Å². The normalized spacial score (nSPS) is 30.8. The summed E-state index contributed by atoms with van der Waals surface area (Å²) in [6.45, 7) is 7.14. The van der Waals surface area contributed by atoms with Gasteiger partial charge in [0.05, 0.1) is 0 Å². The Bertz CT molecular complexity index is 273. The van der Waals surface area contributed by atoms with Crippen molar-refractivity contribution in [2.45, 2.75) is 57.9 Å². The standard InChI is InChI=1S/C14H26N2O/c1-3-14(2)11-16(9-8-15-14)13(17)10-12-6-4-5-7-12/h12,15H,3-11H2,1-2H3. The highest BCUT2D eigenvalue weighted by atomic mass is 16.2. The van der Waals surface area contributed by atoms with E-state index >= 15 is 0 Å². The molecule has 17 heavy (non-hydrogen) atoms. The highest BCUT2D eigenvalue weighted by Gasteiger charge is 2.32. The van der Waals surface area contributed by atoms with Gasteiger partial charge in [0, 0.05) is 31.6 Å². The van der Waals surface area contributed by atoms with E-state index in [1.165, 1.54) is 25.7 Å². The summed E-state index contributed by atoms with van der Waals surface area (Å²) < 4.78 is 0. The van der Waals surface area contributed by atoms with Crippen LogP contribution in [-0.2, 0) is 4.79 Å². The van der Waals surface area contributed by atoms with Gasteiger partial charge in [0.25, 0.3) is 0 Å². The number of hydrogen-bond donors (Lipinski definition) is 1. The molecule has 2 rings (SSSR count). The average molecular weight is 238 g/mol. The van der Waals surface area contributed by atoms with Gasteiger partial charge < -0.3 is 10.2 Å². The van der Waals surface area contributed by atoms with Crippen LogP contribution in [0.2, 0.25) is 0 Å². The number of piperazine rings is 1. The molecule has 0 aromatic carbocycles. The molecule has 98 valence electrons. The van der Waals surface area contributed by atoms with E-state index in [0.29, 0.717) is 11.8 Å². The van der Waals surface area contributed by atoms with Crippen LogP contribution in [0.4, 0.5) is 0 Å². The number of hydrogen-bond acceptors (Lipinski definition) is 2. The van der Waals surface area contributed by atoms with Gasteiger partial charge in [0.2, 0.25) is 5.91 Å². The molecule has 1 aliphatic heterocycles. The summed E-state index contributed by atoms with van der Waals surface area (Å²) in [5.41, 5.74) is 0.129. The maximum absolute atomic E-state index is 12.3. The predicted molar refractivity (Wildman–Crippen MR) is 69.9 cm³/mol. The molecule has 0 aromatic rings. The molecule has 0 aromatic heterocycles. The monoisotopic (exact) mass is 238 g/mol. The number of nitrogens with zero attached hydrogens (tertiary/aromatic N) is 1. The van der Waals surface area contributed by atoms with E-state index in [0.717, 1.165) is 32.5 Å². The Hall–Kier alpha value is -0.570. The van der Waals surface area contributed by atoms with Crippen LogP contribution in [0.25, 0.3) is 0 Å². The third kappa shape index (κ3) is 3.21. The second-order valence-electron chi connectivity index (χ2n) is 6.01. The number of nitrogens with one attached hydrogen (secondary N) is 1. The number of amides is 1. The van der Waals surface area contributed by atoms with E-state index < -0.39 is 0 Å². The first-order chi connectivity index (χ1) is 8.13. The predicted octanol–water partition coefficient (Wildman–Crippen LogP) is 2.17. The van der Waals surface area contributed by atoms with E-state index in [-0.39, 0.29) is 5.54 Å². The van der Waals surface area contributed by atoms with Crippen LogP contribution in [0.5, 0.6) is 0 Å². The Morgan fingerprint density at radius 3 is 2.76 bits per heavy atom. The van der Waals surface area contributed by atoms with Crippen LogP contribution in [0.3, 0.4) is 0 Å². The lowest BCUT2D eigenvalue weighted by Crippen LogP contribution is -2.59. The highest BCUT2D eigenvalue weighted by Crippen LogP contribution is 2.28. The van der Waals surface area contributed by atoms with Crippen LogP contribution in [0.15, 0.2) is 0 Å². The third-order valence-corrected chi connectivity index (χ3v) is 4.54. The van der Waals surface area contributed by atoms with Gasteiger partial charge in [-0.25, -0.2) is 0 Å². The first kappa shape index (κ1) is 12.9. The Morgan fingerprint density at radius 1 is 1.41 bits per heavy atom. The van der Waals surface area contributed by atoms with Gasteiger partial charge in [0.15, 0.2) is 0 Å². The minimum absolute atomic E-state index is 0.129. The molecule has 2 fully saturated rings. The summed E-state index contributed by atoms with van der Waals surface area (Å²) >= 11 is 0. The molecule has 1 heterocycles. The van der Waals surface area contributed by atoms with Crippen molar-refractivity contribution in [2.24, 2.45) is 5.92 Å². The maximum atomic E-state index is 12.3. The van der Waals surface area contributed by atoms with Gasteiger partial charge >= 0.3 is 0 Å². The van der Waals surface area contributed by atoms with Crippen LogP contribution < -0.4 is 5.32 Å². The zero-order valence-corrected chi connectivity index (χ0v) is 11.3. The van der Waals surface area contributed by atoms with Gasteiger partial charge in [-0.3, -0.25) is 4.79 Å². The summed E-state index contributed by atoms with van der Waals surface area (Å²) in [4.78, 5) is 14.3. The molecule has 1 amide bonds. The van der Waals surface area contributed by atoms with Crippen molar-refractivity contribution in [3.63, 3.8) is 0 Å². The first-order valence-corrected chi connectivity index (χ1v) is 7.16. The Balaban J connectivity index is 1.86. The Kier molecular flexibility index (Phi) is 4.08. The summed E-state index contributed by atoms with van der Waals surface area (Å²) in [6.07, 6.45) is 7.06. The first-order valence-electron chi connectivity index (χ1n) is 7.16. The zero-order chi connectivity index (χ0) is 12.3. The summed E-state index contributed by atoms with van der Waals surface area (Å²) in [5, 5.41) is 3.53. The van der Waals surface area contributed by atoms with Crippen molar-refractivity contribution >= 4 is 5.91 Å². The lowest BCUT2D eigenvalue weighted by molar-refractivity contribution is -0.134. The lowest BCUT2D eigenvalue weighted by atomic mass is 9.95. The molecule has 1 atom stereocenters. The molecule has 2 aliphatic rings. The van der Waals surface area contributed by atoms with Gasteiger partial charge in [-0.15, -0.1) is 0 Å². The van der Waals surface area contributed by atoms with Crippen molar-refractivity contribution in [3.8, 4) is 0 Å². The molecule has 3 heteroatoms. The Morgan fingerprint density at radius 2 is 2.12 bits per heavy atom. The van der Waals surface area contributed by atoms with Gasteiger partial charge in [0.1, 0.15) is 0 Å². The SMILES string of the molecule is CCC1(C)CN(C(=O)CC2CCCC2)CCN1. The molecule has 3 nitrogen and oxygen atoms in total. The fourth-order valence-electron chi connectivity index (χ4n) is 3.09. The summed E-state index contributed by atoms with van der Waals surface area (Å²) in [5.74, 6) is 1.06. The van der Waals surface area contributed by atoms with E-state index in [9.17, 15) is 4.79 Å². The van der Waals surface area contributed by atoms with Crippen LogP contribution in [0, 0.1) is 5.92 Å². The number of carbonyl (C=O) groups is 1. The van der Waals surface area contributed by atoms with Crippen molar-refractivity contribution in [1.82, 2.24) is 10.2 Å². The fourth-order valence-corrected chi connectivity index (χ4v) is 3.09. The third-order valence-electron chi connectivity index (χ3n) is 4.54.